The second-order valence-corrected chi connectivity index (χ2v) is 10.6. The average Bonchev–Trinajstić information content (AvgIpc) is 2.83. The van der Waals surface area contributed by atoms with Crippen molar-refractivity contribution in [2.24, 2.45) is 5.41 Å². The van der Waals surface area contributed by atoms with Crippen LogP contribution in [0.5, 0.6) is 0 Å². The number of aromatic nitrogens is 1. The van der Waals surface area contributed by atoms with Crippen LogP contribution in [0.25, 0.3) is 10.9 Å². The minimum Gasteiger partial charge on any atom is -0.477 e. The molecule has 0 amide bonds. The molecule has 0 bridgehead atoms. The summed E-state index contributed by atoms with van der Waals surface area (Å²) in [5, 5.41) is 20.0. The SMILES string of the molecule is CC(C)(C)C(CO)n1cc(C(=O)O)c(=O)c2cc(Cc3cc(N4CCOCC4)cc(Cl)c3F)ccc21. The molecular formula is C27H30ClFN2O5. The second kappa shape index (κ2) is 10.2. The summed E-state index contributed by atoms with van der Waals surface area (Å²) in [5.41, 5.74) is 0.897. The first-order valence-corrected chi connectivity index (χ1v) is 12.2. The molecule has 7 nitrogen and oxygen atoms in total. The van der Waals surface area contributed by atoms with Gasteiger partial charge in [0.1, 0.15) is 11.4 Å². The fourth-order valence-electron chi connectivity index (χ4n) is 4.68. The highest BCUT2D eigenvalue weighted by Crippen LogP contribution is 2.33. The van der Waals surface area contributed by atoms with Crippen LogP contribution in [0.15, 0.2) is 41.3 Å². The number of hydrogen-bond acceptors (Lipinski definition) is 5. The number of hydrogen-bond donors (Lipinski definition) is 2. The average molecular weight is 517 g/mol. The van der Waals surface area contributed by atoms with Gasteiger partial charge in [0.2, 0.25) is 5.43 Å². The van der Waals surface area contributed by atoms with E-state index in [1.165, 1.54) is 6.20 Å². The molecule has 4 rings (SSSR count). The Morgan fingerprint density at radius 2 is 1.89 bits per heavy atom. The third-order valence-electron chi connectivity index (χ3n) is 6.69. The quantitative estimate of drug-likeness (QED) is 0.501. The molecule has 2 N–H and O–H groups in total. The molecule has 1 unspecified atom stereocenters. The van der Waals surface area contributed by atoms with E-state index < -0.39 is 28.7 Å². The van der Waals surface area contributed by atoms with Crippen LogP contribution in [0.3, 0.4) is 0 Å². The van der Waals surface area contributed by atoms with E-state index in [-0.39, 0.29) is 29.0 Å². The van der Waals surface area contributed by atoms with Gasteiger partial charge in [0, 0.05) is 36.8 Å². The van der Waals surface area contributed by atoms with Crippen molar-refractivity contribution in [2.75, 3.05) is 37.8 Å². The molecule has 1 saturated heterocycles. The summed E-state index contributed by atoms with van der Waals surface area (Å²) in [6, 6.07) is 8.00. The zero-order valence-electron chi connectivity index (χ0n) is 20.6. The van der Waals surface area contributed by atoms with E-state index in [4.69, 9.17) is 16.3 Å². The first-order valence-electron chi connectivity index (χ1n) is 11.8. The first kappa shape index (κ1) is 26.1. The summed E-state index contributed by atoms with van der Waals surface area (Å²) in [6.07, 6.45) is 1.46. The first-order chi connectivity index (χ1) is 17.0. The van der Waals surface area contributed by atoms with Gasteiger partial charge >= 0.3 is 5.97 Å². The standard InChI is InChI=1S/C27H30ClFN2O5/c1-27(2,3)23(15-32)31-14-20(26(34)35)25(33)19-11-16(4-5-22(19)31)10-17-12-18(13-21(28)24(17)29)30-6-8-36-9-7-30/h4-5,11-14,23,32H,6-10,15H2,1-3H3,(H,34,35). The summed E-state index contributed by atoms with van der Waals surface area (Å²) in [4.78, 5) is 27.1. The summed E-state index contributed by atoms with van der Waals surface area (Å²) in [6.45, 7) is 8.07. The highest BCUT2D eigenvalue weighted by atomic mass is 35.5. The molecule has 2 heterocycles. The number of ether oxygens (including phenoxy) is 1. The van der Waals surface area contributed by atoms with Gasteiger partial charge in [0.25, 0.3) is 0 Å². The van der Waals surface area contributed by atoms with Gasteiger partial charge in [-0.05, 0) is 40.8 Å². The minimum atomic E-state index is -1.34. The monoisotopic (exact) mass is 516 g/mol. The van der Waals surface area contributed by atoms with Crippen LogP contribution >= 0.6 is 11.6 Å². The van der Waals surface area contributed by atoms with Crippen molar-refractivity contribution in [2.45, 2.75) is 33.2 Å². The zero-order valence-corrected chi connectivity index (χ0v) is 21.3. The number of fused-ring (bicyclic) bond motifs is 1. The van der Waals surface area contributed by atoms with Crippen molar-refractivity contribution < 1.29 is 24.1 Å². The molecule has 1 aliphatic heterocycles. The molecule has 0 radical (unpaired) electrons. The number of carboxylic acid groups (broad SMARTS) is 1. The van der Waals surface area contributed by atoms with E-state index in [1.807, 2.05) is 20.8 Å². The lowest BCUT2D eigenvalue weighted by atomic mass is 9.86. The number of halogens is 2. The molecule has 9 heteroatoms. The van der Waals surface area contributed by atoms with Crippen LogP contribution in [-0.2, 0) is 11.2 Å². The molecule has 36 heavy (non-hydrogen) atoms. The summed E-state index contributed by atoms with van der Waals surface area (Å²) < 4.78 is 22.0. The molecule has 0 aliphatic carbocycles. The normalized spacial score (nSPS) is 15.3. The number of anilines is 1. The molecule has 0 saturated carbocycles. The number of pyridine rings is 1. The van der Waals surface area contributed by atoms with Gasteiger partial charge < -0.3 is 24.4 Å². The van der Waals surface area contributed by atoms with Crippen LogP contribution in [-0.4, -0.2) is 53.7 Å². The Balaban J connectivity index is 1.82. The maximum atomic E-state index is 15.0. The third kappa shape index (κ3) is 5.12. The lowest BCUT2D eigenvalue weighted by molar-refractivity contribution is 0.0692. The van der Waals surface area contributed by atoms with Gasteiger partial charge in [0.05, 0.1) is 36.4 Å². The van der Waals surface area contributed by atoms with Crippen LogP contribution in [0, 0.1) is 11.2 Å². The number of aliphatic hydroxyl groups excluding tert-OH is 1. The predicted octanol–water partition coefficient (Wildman–Crippen LogP) is 4.50. The smallest absolute Gasteiger partial charge is 0.341 e. The molecule has 2 aromatic carbocycles. The Bertz CT molecular complexity index is 1360. The van der Waals surface area contributed by atoms with Crippen molar-refractivity contribution in [3.63, 3.8) is 0 Å². The van der Waals surface area contributed by atoms with Crippen LogP contribution in [0.1, 0.15) is 48.3 Å². The van der Waals surface area contributed by atoms with E-state index in [9.17, 15) is 24.2 Å². The number of carbonyl (C=O) groups is 1. The van der Waals surface area contributed by atoms with Crippen molar-refractivity contribution in [1.29, 1.82) is 0 Å². The number of morpholine rings is 1. The van der Waals surface area contributed by atoms with Crippen LogP contribution < -0.4 is 10.3 Å². The van der Waals surface area contributed by atoms with Crippen molar-refractivity contribution in [1.82, 2.24) is 4.57 Å². The Kier molecular flexibility index (Phi) is 7.41. The van der Waals surface area contributed by atoms with Crippen LogP contribution in [0.2, 0.25) is 5.02 Å². The van der Waals surface area contributed by atoms with E-state index in [0.717, 1.165) is 5.69 Å². The van der Waals surface area contributed by atoms with Crippen molar-refractivity contribution >= 4 is 34.2 Å². The molecule has 1 aliphatic rings. The van der Waals surface area contributed by atoms with Gasteiger partial charge in [-0.1, -0.05) is 38.4 Å². The Morgan fingerprint density at radius 3 is 2.50 bits per heavy atom. The Labute approximate surface area is 213 Å². The maximum absolute atomic E-state index is 15.0. The second-order valence-electron chi connectivity index (χ2n) is 10.2. The largest absolute Gasteiger partial charge is 0.477 e. The third-order valence-corrected chi connectivity index (χ3v) is 6.97. The highest BCUT2D eigenvalue weighted by molar-refractivity contribution is 6.31. The summed E-state index contributed by atoms with van der Waals surface area (Å²) in [7, 11) is 0. The number of benzene rings is 2. The maximum Gasteiger partial charge on any atom is 0.341 e. The molecule has 3 aromatic rings. The number of aliphatic hydroxyl groups is 1. The molecule has 1 atom stereocenters. The fraction of sp³-hybridized carbons (Fsp3) is 0.407. The lowest BCUT2D eigenvalue weighted by Gasteiger charge is -2.32. The predicted molar refractivity (Wildman–Crippen MR) is 138 cm³/mol. The topological polar surface area (TPSA) is 92.0 Å². The van der Waals surface area contributed by atoms with Gasteiger partial charge in [-0.25, -0.2) is 9.18 Å². The van der Waals surface area contributed by atoms with E-state index in [1.54, 1.807) is 34.9 Å². The molecule has 0 spiro atoms. The van der Waals surface area contributed by atoms with E-state index in [0.29, 0.717) is 42.9 Å². The van der Waals surface area contributed by atoms with Crippen LogP contribution in [0.4, 0.5) is 10.1 Å². The Morgan fingerprint density at radius 1 is 1.19 bits per heavy atom. The highest BCUT2D eigenvalue weighted by Gasteiger charge is 2.28. The number of aromatic carboxylic acids is 1. The van der Waals surface area contributed by atoms with Crippen molar-refractivity contribution in [3.8, 4) is 0 Å². The number of carboxylic acids is 1. The minimum absolute atomic E-state index is 0.0151. The van der Waals surface area contributed by atoms with Gasteiger partial charge in [-0.2, -0.15) is 0 Å². The van der Waals surface area contributed by atoms with Crippen molar-refractivity contribution in [3.05, 3.63) is 74.3 Å². The zero-order chi connectivity index (χ0) is 26.2. The number of nitrogens with zero attached hydrogens (tertiary/aromatic N) is 2. The summed E-state index contributed by atoms with van der Waals surface area (Å²) in [5.74, 6) is -1.87. The lowest BCUT2D eigenvalue weighted by Crippen LogP contribution is -2.36. The molecule has 192 valence electrons. The van der Waals surface area contributed by atoms with Gasteiger partial charge in [-0.15, -0.1) is 0 Å². The van der Waals surface area contributed by atoms with Gasteiger partial charge in [-0.3, -0.25) is 4.79 Å². The molecular weight excluding hydrogens is 487 g/mol. The van der Waals surface area contributed by atoms with E-state index in [2.05, 4.69) is 4.90 Å². The molecule has 1 fully saturated rings. The number of rotatable bonds is 6. The molecule has 1 aromatic heterocycles. The van der Waals surface area contributed by atoms with E-state index >= 15 is 0 Å². The van der Waals surface area contributed by atoms with Gasteiger partial charge in [0.15, 0.2) is 0 Å². The summed E-state index contributed by atoms with van der Waals surface area (Å²) >= 11 is 6.22. The fourth-order valence-corrected chi connectivity index (χ4v) is 4.92. The Hall–Kier alpha value is -2.94.